The van der Waals surface area contributed by atoms with E-state index in [0.717, 1.165) is 0 Å². The summed E-state index contributed by atoms with van der Waals surface area (Å²) >= 11 is 0. The van der Waals surface area contributed by atoms with Crippen molar-refractivity contribution < 1.29 is 17.9 Å². The van der Waals surface area contributed by atoms with E-state index in [1.54, 1.807) is 31.3 Å². The van der Waals surface area contributed by atoms with Gasteiger partial charge in [0.25, 0.3) is 5.91 Å². The fourth-order valence-electron chi connectivity index (χ4n) is 2.22. The Morgan fingerprint density at radius 3 is 2.87 bits per heavy atom. The van der Waals surface area contributed by atoms with Crippen LogP contribution in [0.3, 0.4) is 0 Å². The van der Waals surface area contributed by atoms with Crippen molar-refractivity contribution in [3.63, 3.8) is 0 Å². The molecule has 7 nitrogen and oxygen atoms in total. The predicted molar refractivity (Wildman–Crippen MR) is 83.5 cm³/mol. The number of anilines is 1. The quantitative estimate of drug-likeness (QED) is 0.882. The highest BCUT2D eigenvalue weighted by Gasteiger charge is 2.23. The van der Waals surface area contributed by atoms with Gasteiger partial charge in [-0.05, 0) is 37.3 Å². The molecule has 0 bridgehead atoms. The number of nitrogens with zero attached hydrogens (tertiary/aromatic N) is 1. The molecule has 0 saturated heterocycles. The summed E-state index contributed by atoms with van der Waals surface area (Å²) in [6, 6.07) is 9.14. The molecule has 120 valence electrons. The Bertz CT molecular complexity index is 837. The summed E-state index contributed by atoms with van der Waals surface area (Å²) in [6.07, 6.45) is 1.60. The normalized spacial score (nSPS) is 15.3. The van der Waals surface area contributed by atoms with Crippen molar-refractivity contribution in [3.8, 4) is 5.75 Å². The summed E-state index contributed by atoms with van der Waals surface area (Å²) in [4.78, 5) is 15.5. The zero-order valence-electron chi connectivity index (χ0n) is 12.3. The van der Waals surface area contributed by atoms with E-state index in [0.29, 0.717) is 17.1 Å². The van der Waals surface area contributed by atoms with Crippen LogP contribution in [-0.2, 0) is 14.8 Å². The molecule has 1 atom stereocenters. The van der Waals surface area contributed by atoms with E-state index in [9.17, 15) is 13.2 Å². The minimum absolute atomic E-state index is 0.0461. The summed E-state index contributed by atoms with van der Waals surface area (Å²) in [5, 5.41) is 2.59. The summed E-state index contributed by atoms with van der Waals surface area (Å²) in [7, 11) is -3.76. The second-order valence-electron chi connectivity index (χ2n) is 5.09. The molecule has 1 aliphatic heterocycles. The lowest BCUT2D eigenvalue weighted by atomic mass is 10.2. The Hall–Kier alpha value is -2.45. The van der Waals surface area contributed by atoms with E-state index in [1.165, 1.54) is 18.2 Å². The first kappa shape index (κ1) is 15.4. The molecule has 1 aliphatic rings. The van der Waals surface area contributed by atoms with Gasteiger partial charge in [-0.1, -0.05) is 6.07 Å². The summed E-state index contributed by atoms with van der Waals surface area (Å²) in [6.45, 7) is 1.64. The van der Waals surface area contributed by atoms with E-state index in [1.807, 2.05) is 0 Å². The Kier molecular flexibility index (Phi) is 4.01. The molecule has 2 aromatic rings. The van der Waals surface area contributed by atoms with Crippen LogP contribution in [0.15, 0.2) is 47.5 Å². The molecule has 0 spiro atoms. The highest BCUT2D eigenvalue weighted by atomic mass is 32.2. The molecule has 0 radical (unpaired) electrons. The lowest BCUT2D eigenvalue weighted by Crippen LogP contribution is -2.28. The smallest absolute Gasteiger partial charge is 0.262 e. The second kappa shape index (κ2) is 5.98. The lowest BCUT2D eigenvalue weighted by molar-refractivity contribution is -0.118. The fourth-order valence-corrected chi connectivity index (χ4v) is 3.47. The van der Waals surface area contributed by atoms with Crippen LogP contribution >= 0.6 is 0 Å². The number of ether oxygens (including phenoxy) is 1. The summed E-state index contributed by atoms with van der Waals surface area (Å²) < 4.78 is 32.8. The second-order valence-corrected chi connectivity index (χ2v) is 6.81. The van der Waals surface area contributed by atoms with Gasteiger partial charge in [-0.3, -0.25) is 9.78 Å². The van der Waals surface area contributed by atoms with Gasteiger partial charge in [0.15, 0.2) is 6.61 Å². The Balaban J connectivity index is 1.85. The highest BCUT2D eigenvalue weighted by Crippen LogP contribution is 2.30. The molecule has 1 unspecified atom stereocenters. The van der Waals surface area contributed by atoms with Gasteiger partial charge in [0.05, 0.1) is 22.3 Å². The van der Waals surface area contributed by atoms with Crippen molar-refractivity contribution >= 4 is 21.6 Å². The molecule has 1 amide bonds. The van der Waals surface area contributed by atoms with Crippen LogP contribution in [0.1, 0.15) is 18.7 Å². The van der Waals surface area contributed by atoms with Crippen molar-refractivity contribution in [2.75, 3.05) is 11.9 Å². The molecule has 3 rings (SSSR count). The minimum Gasteiger partial charge on any atom is -0.482 e. The summed E-state index contributed by atoms with van der Waals surface area (Å²) in [5.74, 6) is 0.128. The number of hydrogen-bond acceptors (Lipinski definition) is 5. The Labute approximate surface area is 133 Å². The number of nitrogens with one attached hydrogen (secondary N) is 2. The monoisotopic (exact) mass is 333 g/mol. The third-order valence-corrected chi connectivity index (χ3v) is 4.90. The zero-order chi connectivity index (χ0) is 16.4. The number of carbonyl (C=O) groups excluding carboxylic acids is 1. The molecule has 0 aliphatic carbocycles. The number of aromatic nitrogens is 1. The van der Waals surface area contributed by atoms with Crippen LogP contribution in [0.25, 0.3) is 0 Å². The number of amides is 1. The molecule has 0 saturated carbocycles. The molecule has 0 fully saturated rings. The molecular formula is C15H15N3O4S. The Morgan fingerprint density at radius 2 is 2.13 bits per heavy atom. The van der Waals surface area contributed by atoms with Crippen molar-refractivity contribution in [2.45, 2.75) is 17.9 Å². The maximum atomic E-state index is 12.5. The third kappa shape index (κ3) is 3.33. The van der Waals surface area contributed by atoms with Gasteiger partial charge < -0.3 is 10.1 Å². The standard InChI is InChI=1S/C15H15N3O4S/c1-10(12-4-2-3-7-16-12)18-23(20,21)11-5-6-14-13(8-11)17-15(19)9-22-14/h2-8,10,18H,9H2,1H3,(H,17,19). The van der Waals surface area contributed by atoms with E-state index < -0.39 is 16.1 Å². The predicted octanol–water partition coefficient (Wildman–Crippen LogP) is 1.45. The number of pyridine rings is 1. The van der Waals surface area contributed by atoms with Gasteiger partial charge in [-0.2, -0.15) is 0 Å². The minimum atomic E-state index is -3.76. The van der Waals surface area contributed by atoms with Crippen LogP contribution in [0.5, 0.6) is 5.75 Å². The number of hydrogen-bond donors (Lipinski definition) is 2. The molecule has 23 heavy (non-hydrogen) atoms. The van der Waals surface area contributed by atoms with Crippen LogP contribution in [0, 0.1) is 0 Å². The summed E-state index contributed by atoms with van der Waals surface area (Å²) in [5.41, 5.74) is 0.959. The maximum absolute atomic E-state index is 12.5. The number of rotatable bonds is 4. The first-order valence-electron chi connectivity index (χ1n) is 6.96. The van der Waals surface area contributed by atoms with Gasteiger partial charge in [0.2, 0.25) is 10.0 Å². The maximum Gasteiger partial charge on any atom is 0.262 e. The number of benzene rings is 1. The van der Waals surface area contributed by atoms with E-state index in [-0.39, 0.29) is 17.4 Å². The van der Waals surface area contributed by atoms with Gasteiger partial charge in [-0.25, -0.2) is 13.1 Å². The highest BCUT2D eigenvalue weighted by molar-refractivity contribution is 7.89. The molecule has 2 heterocycles. The average molecular weight is 333 g/mol. The number of fused-ring (bicyclic) bond motifs is 1. The topological polar surface area (TPSA) is 97.4 Å². The average Bonchev–Trinajstić information content (AvgIpc) is 2.54. The van der Waals surface area contributed by atoms with Crippen LogP contribution in [-0.4, -0.2) is 25.9 Å². The van der Waals surface area contributed by atoms with Gasteiger partial charge in [0, 0.05) is 6.20 Å². The first-order valence-corrected chi connectivity index (χ1v) is 8.44. The molecule has 8 heteroatoms. The number of carbonyl (C=O) groups is 1. The SMILES string of the molecule is CC(NS(=O)(=O)c1ccc2c(c1)NC(=O)CO2)c1ccccn1. The van der Waals surface area contributed by atoms with Crippen molar-refractivity contribution in [2.24, 2.45) is 0 Å². The Morgan fingerprint density at radius 1 is 1.30 bits per heavy atom. The third-order valence-electron chi connectivity index (χ3n) is 3.36. The number of sulfonamides is 1. The largest absolute Gasteiger partial charge is 0.482 e. The molecular weight excluding hydrogens is 318 g/mol. The van der Waals surface area contributed by atoms with Crippen LogP contribution < -0.4 is 14.8 Å². The molecule has 1 aromatic carbocycles. The lowest BCUT2D eigenvalue weighted by Gasteiger charge is -2.19. The van der Waals surface area contributed by atoms with Crippen LogP contribution in [0.2, 0.25) is 0 Å². The van der Waals surface area contributed by atoms with Gasteiger partial charge in [0.1, 0.15) is 5.75 Å². The van der Waals surface area contributed by atoms with Crippen molar-refractivity contribution in [1.29, 1.82) is 0 Å². The molecule has 2 N–H and O–H groups in total. The zero-order valence-corrected chi connectivity index (χ0v) is 13.1. The first-order chi connectivity index (χ1) is 11.0. The van der Waals surface area contributed by atoms with E-state index in [2.05, 4.69) is 15.0 Å². The van der Waals surface area contributed by atoms with E-state index >= 15 is 0 Å². The van der Waals surface area contributed by atoms with Gasteiger partial charge >= 0.3 is 0 Å². The van der Waals surface area contributed by atoms with Crippen molar-refractivity contribution in [3.05, 3.63) is 48.3 Å². The van der Waals surface area contributed by atoms with Crippen LogP contribution in [0.4, 0.5) is 5.69 Å². The van der Waals surface area contributed by atoms with Gasteiger partial charge in [-0.15, -0.1) is 0 Å². The molecule has 1 aromatic heterocycles. The fraction of sp³-hybridized carbons (Fsp3) is 0.200. The van der Waals surface area contributed by atoms with Crippen molar-refractivity contribution in [1.82, 2.24) is 9.71 Å². The van der Waals surface area contributed by atoms with E-state index in [4.69, 9.17) is 4.74 Å².